The second-order valence-corrected chi connectivity index (χ2v) is 8.13. The Morgan fingerprint density at radius 1 is 1.23 bits per heavy atom. The Kier molecular flexibility index (Phi) is 5.65. The molecule has 0 radical (unpaired) electrons. The predicted octanol–water partition coefficient (Wildman–Crippen LogP) is 3.51. The van der Waals surface area contributed by atoms with Gasteiger partial charge in [0, 0.05) is 38.6 Å². The van der Waals surface area contributed by atoms with Crippen molar-refractivity contribution >= 4 is 17.2 Å². The van der Waals surface area contributed by atoms with Crippen LogP contribution in [0.1, 0.15) is 59.4 Å². The molecule has 0 N–H and O–H groups in total. The van der Waals surface area contributed by atoms with Crippen LogP contribution in [0.2, 0.25) is 0 Å². The predicted molar refractivity (Wildman–Crippen MR) is 98.4 cm³/mol. The molecule has 26 heavy (non-hydrogen) atoms. The minimum Gasteiger partial charge on any atom is -0.381 e. The number of hydrogen-bond acceptors (Lipinski definition) is 6. The van der Waals surface area contributed by atoms with Crippen molar-refractivity contribution in [2.45, 2.75) is 44.4 Å². The smallest absolute Gasteiger partial charge is 0.263 e. The normalized spacial score (nSPS) is 19.8. The van der Waals surface area contributed by atoms with Gasteiger partial charge in [0.1, 0.15) is 0 Å². The van der Waals surface area contributed by atoms with Gasteiger partial charge in [0.25, 0.3) is 5.91 Å². The summed E-state index contributed by atoms with van der Waals surface area (Å²) in [5.74, 6) is 2.77. The minimum atomic E-state index is 0.178. The minimum absolute atomic E-state index is 0.178. The van der Waals surface area contributed by atoms with E-state index in [0.717, 1.165) is 81.4 Å². The van der Waals surface area contributed by atoms with Gasteiger partial charge in [-0.2, -0.15) is 4.98 Å². The lowest BCUT2D eigenvalue weighted by Crippen LogP contribution is -2.38. The van der Waals surface area contributed by atoms with Gasteiger partial charge in [-0.3, -0.25) is 4.79 Å². The first kappa shape index (κ1) is 17.7. The molecule has 0 spiro atoms. The number of piperidine rings is 1. The SMILES string of the molecule is O=C(c1cccs1)N1CCC(CCc2noc(C3CCOCC3)n2)CC1. The average Bonchev–Trinajstić information content (AvgIpc) is 3.39. The zero-order valence-corrected chi connectivity index (χ0v) is 15.7. The summed E-state index contributed by atoms with van der Waals surface area (Å²) < 4.78 is 10.9. The number of amides is 1. The zero-order chi connectivity index (χ0) is 17.8. The zero-order valence-electron chi connectivity index (χ0n) is 14.9. The van der Waals surface area contributed by atoms with Gasteiger partial charge in [-0.15, -0.1) is 11.3 Å². The highest BCUT2D eigenvalue weighted by atomic mass is 32.1. The third kappa shape index (κ3) is 4.15. The molecule has 0 aromatic carbocycles. The number of hydrogen-bond donors (Lipinski definition) is 0. The highest BCUT2D eigenvalue weighted by Crippen LogP contribution is 2.27. The molecule has 0 saturated carbocycles. The van der Waals surface area contributed by atoms with E-state index in [9.17, 15) is 4.79 Å². The lowest BCUT2D eigenvalue weighted by molar-refractivity contribution is 0.0691. The quantitative estimate of drug-likeness (QED) is 0.800. The van der Waals surface area contributed by atoms with Crippen molar-refractivity contribution in [2.24, 2.45) is 5.92 Å². The number of thiophene rings is 1. The molecule has 4 rings (SSSR count). The van der Waals surface area contributed by atoms with Gasteiger partial charge >= 0.3 is 0 Å². The van der Waals surface area contributed by atoms with Crippen molar-refractivity contribution in [3.05, 3.63) is 34.1 Å². The molecule has 0 bridgehead atoms. The van der Waals surface area contributed by atoms with Crippen LogP contribution < -0.4 is 0 Å². The molecule has 2 saturated heterocycles. The highest BCUT2D eigenvalue weighted by Gasteiger charge is 2.25. The molecule has 2 fully saturated rings. The van der Waals surface area contributed by atoms with Gasteiger partial charge in [-0.1, -0.05) is 11.2 Å². The molecule has 2 aromatic rings. The third-order valence-corrected chi connectivity index (χ3v) is 6.32. The van der Waals surface area contributed by atoms with Crippen LogP contribution in [-0.2, 0) is 11.2 Å². The lowest BCUT2D eigenvalue weighted by atomic mass is 9.92. The van der Waals surface area contributed by atoms with Crippen molar-refractivity contribution in [3.63, 3.8) is 0 Å². The van der Waals surface area contributed by atoms with Crippen LogP contribution in [0.3, 0.4) is 0 Å². The van der Waals surface area contributed by atoms with Crippen molar-refractivity contribution in [3.8, 4) is 0 Å². The molecule has 0 atom stereocenters. The second kappa shape index (κ2) is 8.31. The highest BCUT2D eigenvalue weighted by molar-refractivity contribution is 7.12. The Morgan fingerprint density at radius 2 is 2.04 bits per heavy atom. The van der Waals surface area contributed by atoms with E-state index in [1.807, 2.05) is 22.4 Å². The van der Waals surface area contributed by atoms with E-state index in [2.05, 4.69) is 10.1 Å². The monoisotopic (exact) mass is 375 g/mol. The Bertz CT molecular complexity index is 701. The molecule has 0 aliphatic carbocycles. The molecule has 2 aromatic heterocycles. The molecule has 6 nitrogen and oxygen atoms in total. The first-order chi connectivity index (χ1) is 12.8. The van der Waals surface area contributed by atoms with Crippen molar-refractivity contribution in [2.75, 3.05) is 26.3 Å². The maximum Gasteiger partial charge on any atom is 0.263 e. The molecular weight excluding hydrogens is 350 g/mol. The largest absolute Gasteiger partial charge is 0.381 e. The maximum atomic E-state index is 12.4. The number of likely N-dealkylation sites (tertiary alicyclic amines) is 1. The summed E-state index contributed by atoms with van der Waals surface area (Å²) in [6, 6.07) is 3.84. The summed E-state index contributed by atoms with van der Waals surface area (Å²) >= 11 is 1.52. The Morgan fingerprint density at radius 3 is 2.77 bits per heavy atom. The van der Waals surface area contributed by atoms with E-state index in [1.165, 1.54) is 11.3 Å². The van der Waals surface area contributed by atoms with Gasteiger partial charge in [0.05, 0.1) is 4.88 Å². The Balaban J connectivity index is 1.22. The van der Waals surface area contributed by atoms with E-state index < -0.39 is 0 Å². The molecule has 1 amide bonds. The Hall–Kier alpha value is -1.73. The van der Waals surface area contributed by atoms with E-state index in [0.29, 0.717) is 11.8 Å². The van der Waals surface area contributed by atoms with Gasteiger partial charge in [-0.25, -0.2) is 0 Å². The van der Waals surface area contributed by atoms with Crippen LogP contribution in [0, 0.1) is 5.92 Å². The first-order valence-electron chi connectivity index (χ1n) is 9.52. The summed E-state index contributed by atoms with van der Waals surface area (Å²) in [6.07, 6.45) is 5.98. The molecule has 2 aliphatic rings. The third-order valence-electron chi connectivity index (χ3n) is 5.46. The van der Waals surface area contributed by atoms with Crippen LogP contribution in [0.5, 0.6) is 0 Å². The number of rotatable bonds is 5. The van der Waals surface area contributed by atoms with Crippen LogP contribution in [0.15, 0.2) is 22.0 Å². The maximum absolute atomic E-state index is 12.4. The fourth-order valence-electron chi connectivity index (χ4n) is 3.79. The van der Waals surface area contributed by atoms with Crippen molar-refractivity contribution < 1.29 is 14.1 Å². The molecule has 2 aliphatic heterocycles. The van der Waals surface area contributed by atoms with E-state index in [4.69, 9.17) is 9.26 Å². The number of carbonyl (C=O) groups is 1. The summed E-state index contributed by atoms with van der Waals surface area (Å²) in [6.45, 7) is 3.26. The molecule has 140 valence electrons. The molecule has 7 heteroatoms. The Labute approximate surface area is 157 Å². The summed E-state index contributed by atoms with van der Waals surface area (Å²) in [5.41, 5.74) is 0. The number of aryl methyl sites for hydroxylation is 1. The van der Waals surface area contributed by atoms with E-state index >= 15 is 0 Å². The van der Waals surface area contributed by atoms with Crippen molar-refractivity contribution in [1.82, 2.24) is 15.0 Å². The second-order valence-electron chi connectivity index (χ2n) is 7.19. The van der Waals surface area contributed by atoms with E-state index in [-0.39, 0.29) is 5.91 Å². The van der Waals surface area contributed by atoms with Crippen LogP contribution >= 0.6 is 11.3 Å². The average molecular weight is 375 g/mol. The van der Waals surface area contributed by atoms with E-state index in [1.54, 1.807) is 0 Å². The summed E-state index contributed by atoms with van der Waals surface area (Å²) in [7, 11) is 0. The van der Waals surface area contributed by atoms with Gasteiger partial charge in [-0.05, 0) is 49.5 Å². The fraction of sp³-hybridized carbons (Fsp3) is 0.632. The number of nitrogens with zero attached hydrogens (tertiary/aromatic N) is 3. The van der Waals surface area contributed by atoms with Crippen LogP contribution in [-0.4, -0.2) is 47.3 Å². The molecule has 4 heterocycles. The number of aromatic nitrogens is 2. The standard InChI is InChI=1S/C19H25N3O3S/c23-19(16-2-1-13-26-16)22-9-5-14(6-10-22)3-4-17-20-18(25-21-17)15-7-11-24-12-8-15/h1-2,13-15H,3-12H2. The fourth-order valence-corrected chi connectivity index (χ4v) is 4.48. The first-order valence-corrected chi connectivity index (χ1v) is 10.4. The van der Waals surface area contributed by atoms with Gasteiger partial charge in [0.2, 0.25) is 5.89 Å². The van der Waals surface area contributed by atoms with Crippen LogP contribution in [0.4, 0.5) is 0 Å². The molecule has 0 unspecified atom stereocenters. The van der Waals surface area contributed by atoms with Gasteiger partial charge < -0.3 is 14.2 Å². The topological polar surface area (TPSA) is 68.5 Å². The summed E-state index contributed by atoms with van der Waals surface area (Å²) in [5, 5.41) is 6.12. The molecular formula is C19H25N3O3S. The van der Waals surface area contributed by atoms with Crippen LogP contribution in [0.25, 0.3) is 0 Å². The summed E-state index contributed by atoms with van der Waals surface area (Å²) in [4.78, 5) is 19.8. The van der Waals surface area contributed by atoms with Crippen molar-refractivity contribution in [1.29, 1.82) is 0 Å². The van der Waals surface area contributed by atoms with Gasteiger partial charge in [0.15, 0.2) is 5.82 Å². The number of ether oxygens (including phenoxy) is 1. The lowest BCUT2D eigenvalue weighted by Gasteiger charge is -2.31. The number of carbonyl (C=O) groups excluding carboxylic acids is 1.